The van der Waals surface area contributed by atoms with Gasteiger partial charge in [-0.1, -0.05) is 0 Å². The predicted molar refractivity (Wildman–Crippen MR) is 107 cm³/mol. The molecule has 3 aromatic rings. The number of nitrogens with zero attached hydrogens (tertiary/aromatic N) is 4. The molecule has 0 fully saturated rings. The second kappa shape index (κ2) is 9.92. The van der Waals surface area contributed by atoms with Gasteiger partial charge in [-0.25, -0.2) is 4.98 Å². The minimum absolute atomic E-state index is 0.121. The molecule has 0 aliphatic rings. The molecule has 3 heterocycles. The number of aliphatic hydroxyl groups excluding tert-OH is 2. The van der Waals surface area contributed by atoms with Crippen LogP contribution in [0.3, 0.4) is 0 Å². The highest BCUT2D eigenvalue weighted by molar-refractivity contribution is 6.04. The number of nitrogens with one attached hydrogen (secondary N) is 1. The van der Waals surface area contributed by atoms with Crippen molar-refractivity contribution >= 4 is 16.8 Å². The van der Waals surface area contributed by atoms with Gasteiger partial charge in [0.2, 0.25) is 5.88 Å². The average molecular weight is 453 g/mol. The first-order valence-corrected chi connectivity index (χ1v) is 9.70. The summed E-state index contributed by atoms with van der Waals surface area (Å²) in [6.07, 6.45) is -1.85. The molecule has 0 aliphatic heterocycles. The van der Waals surface area contributed by atoms with E-state index in [9.17, 15) is 23.1 Å². The van der Waals surface area contributed by atoms with E-state index in [1.165, 1.54) is 12.4 Å². The van der Waals surface area contributed by atoms with Crippen molar-refractivity contribution in [3.63, 3.8) is 0 Å². The first kappa shape index (κ1) is 23.4. The highest BCUT2D eigenvalue weighted by Crippen LogP contribution is 2.22. The highest BCUT2D eigenvalue weighted by Gasteiger charge is 2.27. The SMILES string of the molecule is Cc1cc(Cn2cc3c(C(=O)NCC(O)CO)nccc3n2)cnc1OCCC(F)(F)F. The fraction of sp³-hybridized carbons (Fsp3) is 0.400. The molecule has 0 bridgehead atoms. The quantitative estimate of drug-likeness (QED) is 0.450. The summed E-state index contributed by atoms with van der Waals surface area (Å²) < 4.78 is 43.5. The number of aliphatic hydroxyl groups is 2. The molecule has 0 saturated heterocycles. The molecule has 32 heavy (non-hydrogen) atoms. The lowest BCUT2D eigenvalue weighted by atomic mass is 10.2. The van der Waals surface area contributed by atoms with Gasteiger partial charge in [0.05, 0.1) is 43.2 Å². The van der Waals surface area contributed by atoms with Crippen molar-refractivity contribution in [2.45, 2.75) is 32.2 Å². The highest BCUT2D eigenvalue weighted by atomic mass is 19.4. The van der Waals surface area contributed by atoms with E-state index in [0.717, 1.165) is 5.56 Å². The van der Waals surface area contributed by atoms with E-state index in [1.807, 2.05) is 0 Å². The number of ether oxygens (including phenoxy) is 1. The molecule has 3 rings (SSSR count). The van der Waals surface area contributed by atoms with Gasteiger partial charge in [0.1, 0.15) is 5.69 Å². The maximum atomic E-state index is 12.4. The summed E-state index contributed by atoms with van der Waals surface area (Å²) in [5, 5.41) is 25.7. The number of alkyl halides is 3. The zero-order chi connectivity index (χ0) is 23.3. The zero-order valence-corrected chi connectivity index (χ0v) is 17.1. The normalized spacial score (nSPS) is 12.7. The van der Waals surface area contributed by atoms with E-state index < -0.39 is 37.8 Å². The lowest BCUT2D eigenvalue weighted by Gasteiger charge is -2.11. The number of carbonyl (C=O) groups is 1. The van der Waals surface area contributed by atoms with Crippen LogP contribution in [0.25, 0.3) is 10.9 Å². The number of amides is 1. The third kappa shape index (κ3) is 6.14. The molecule has 12 heteroatoms. The van der Waals surface area contributed by atoms with Crippen LogP contribution >= 0.6 is 0 Å². The Morgan fingerprint density at radius 1 is 1.34 bits per heavy atom. The van der Waals surface area contributed by atoms with Crippen molar-refractivity contribution in [2.24, 2.45) is 0 Å². The first-order chi connectivity index (χ1) is 15.2. The monoisotopic (exact) mass is 453 g/mol. The molecular weight excluding hydrogens is 431 g/mol. The number of aryl methyl sites for hydroxylation is 1. The first-order valence-electron chi connectivity index (χ1n) is 9.70. The molecule has 0 saturated carbocycles. The van der Waals surface area contributed by atoms with Crippen LogP contribution in [0.1, 0.15) is 28.0 Å². The van der Waals surface area contributed by atoms with Crippen LogP contribution in [-0.4, -0.2) is 67.9 Å². The van der Waals surface area contributed by atoms with Crippen LogP contribution < -0.4 is 10.1 Å². The summed E-state index contributed by atoms with van der Waals surface area (Å²) in [5.74, 6) is -0.377. The Morgan fingerprint density at radius 3 is 2.81 bits per heavy atom. The molecule has 0 spiro atoms. The molecule has 1 unspecified atom stereocenters. The molecule has 3 N–H and O–H groups in total. The Labute approximate surface area is 180 Å². The molecule has 1 atom stereocenters. The van der Waals surface area contributed by atoms with Gasteiger partial charge < -0.3 is 20.3 Å². The minimum Gasteiger partial charge on any atom is -0.477 e. The molecular formula is C20H22F3N5O4. The van der Waals surface area contributed by atoms with E-state index in [2.05, 4.69) is 20.4 Å². The van der Waals surface area contributed by atoms with E-state index in [1.54, 1.807) is 29.9 Å². The zero-order valence-electron chi connectivity index (χ0n) is 17.1. The van der Waals surface area contributed by atoms with Gasteiger partial charge in [0.15, 0.2) is 0 Å². The van der Waals surface area contributed by atoms with Crippen molar-refractivity contribution < 1.29 is 32.9 Å². The standard InChI is InChI=1S/C20H22F3N5O4/c1-12-6-13(7-26-19(12)32-5-3-20(21,22)23)9-28-10-15-16(27-28)2-4-24-17(15)18(31)25-8-14(30)11-29/h2,4,6-7,10,14,29-30H,3,5,8-9,11H2,1H3,(H,25,31). The summed E-state index contributed by atoms with van der Waals surface area (Å²) in [4.78, 5) is 20.6. The average Bonchev–Trinajstić information content (AvgIpc) is 3.14. The van der Waals surface area contributed by atoms with Crippen molar-refractivity contribution in [3.05, 3.63) is 47.5 Å². The van der Waals surface area contributed by atoms with Crippen LogP contribution in [-0.2, 0) is 6.54 Å². The van der Waals surface area contributed by atoms with E-state index in [0.29, 0.717) is 23.0 Å². The van der Waals surface area contributed by atoms with Crippen LogP contribution in [0.5, 0.6) is 5.88 Å². The minimum atomic E-state index is -4.29. The van der Waals surface area contributed by atoms with Crippen LogP contribution in [0.2, 0.25) is 0 Å². The summed E-state index contributed by atoms with van der Waals surface area (Å²) in [6.45, 7) is 0.884. The van der Waals surface area contributed by atoms with Crippen molar-refractivity contribution in [3.8, 4) is 5.88 Å². The lowest BCUT2D eigenvalue weighted by molar-refractivity contribution is -0.139. The van der Waals surface area contributed by atoms with Gasteiger partial charge >= 0.3 is 6.18 Å². The summed E-state index contributed by atoms with van der Waals surface area (Å²) in [7, 11) is 0. The fourth-order valence-corrected chi connectivity index (χ4v) is 2.92. The molecule has 0 aliphatic carbocycles. The van der Waals surface area contributed by atoms with Crippen molar-refractivity contribution in [2.75, 3.05) is 19.8 Å². The molecule has 0 radical (unpaired) electrons. The number of halogens is 3. The van der Waals surface area contributed by atoms with Crippen molar-refractivity contribution in [1.82, 2.24) is 25.1 Å². The van der Waals surface area contributed by atoms with Gasteiger partial charge in [-0.2, -0.15) is 18.3 Å². The Morgan fingerprint density at radius 2 is 2.12 bits per heavy atom. The Bertz CT molecular complexity index is 1090. The number of hydrogen-bond donors (Lipinski definition) is 3. The van der Waals surface area contributed by atoms with E-state index in [4.69, 9.17) is 9.84 Å². The van der Waals surface area contributed by atoms with Crippen molar-refractivity contribution in [1.29, 1.82) is 0 Å². The molecule has 9 nitrogen and oxygen atoms in total. The van der Waals surface area contributed by atoms with E-state index >= 15 is 0 Å². The number of hydrogen-bond acceptors (Lipinski definition) is 7. The lowest BCUT2D eigenvalue weighted by Crippen LogP contribution is -2.34. The smallest absolute Gasteiger partial charge is 0.392 e. The predicted octanol–water partition coefficient (Wildman–Crippen LogP) is 1.60. The summed E-state index contributed by atoms with van der Waals surface area (Å²) in [6, 6.07) is 3.39. The number of carbonyl (C=O) groups excluding carboxylic acids is 1. The Kier molecular flexibility index (Phi) is 7.26. The van der Waals surface area contributed by atoms with Crippen LogP contribution in [0, 0.1) is 6.92 Å². The van der Waals surface area contributed by atoms with Crippen LogP contribution in [0.15, 0.2) is 30.7 Å². The maximum absolute atomic E-state index is 12.4. The molecule has 1 amide bonds. The molecule has 0 aromatic carbocycles. The van der Waals surface area contributed by atoms with E-state index in [-0.39, 0.29) is 18.1 Å². The van der Waals surface area contributed by atoms with Gasteiger partial charge in [-0.3, -0.25) is 14.5 Å². The summed E-state index contributed by atoms with van der Waals surface area (Å²) in [5.41, 5.74) is 1.99. The third-order valence-electron chi connectivity index (χ3n) is 4.46. The topological polar surface area (TPSA) is 122 Å². The molecule has 172 valence electrons. The van der Waals surface area contributed by atoms with Gasteiger partial charge in [0, 0.05) is 30.7 Å². The number of pyridine rings is 2. The van der Waals surface area contributed by atoms with Gasteiger partial charge in [-0.05, 0) is 24.6 Å². The van der Waals surface area contributed by atoms with Gasteiger partial charge in [0.25, 0.3) is 5.91 Å². The third-order valence-corrected chi connectivity index (χ3v) is 4.46. The van der Waals surface area contributed by atoms with Crippen LogP contribution in [0.4, 0.5) is 13.2 Å². The second-order valence-electron chi connectivity index (χ2n) is 7.14. The number of aromatic nitrogens is 4. The largest absolute Gasteiger partial charge is 0.477 e. The Balaban J connectivity index is 1.71. The molecule has 3 aromatic heterocycles. The Hall–Kier alpha value is -3.25. The maximum Gasteiger partial charge on any atom is 0.392 e. The number of rotatable bonds is 9. The number of fused-ring (bicyclic) bond motifs is 1. The van der Waals surface area contributed by atoms with Gasteiger partial charge in [-0.15, -0.1) is 0 Å². The summed E-state index contributed by atoms with van der Waals surface area (Å²) >= 11 is 0. The fourth-order valence-electron chi connectivity index (χ4n) is 2.92. The second-order valence-corrected chi connectivity index (χ2v) is 7.14.